The van der Waals surface area contributed by atoms with Crippen molar-refractivity contribution in [1.82, 2.24) is 9.80 Å². The lowest BCUT2D eigenvalue weighted by Gasteiger charge is -2.38. The molecular weight excluding hydrogens is 373 g/mol. The second-order valence-corrected chi connectivity index (χ2v) is 8.33. The van der Waals surface area contributed by atoms with Crippen LogP contribution in [0.2, 0.25) is 0 Å². The zero-order valence-corrected chi connectivity index (χ0v) is 16.2. The van der Waals surface area contributed by atoms with Gasteiger partial charge >= 0.3 is 6.18 Å². The monoisotopic (exact) mass is 398 g/mol. The van der Waals surface area contributed by atoms with Crippen molar-refractivity contribution in [3.63, 3.8) is 0 Å². The number of piperazine rings is 1. The van der Waals surface area contributed by atoms with E-state index < -0.39 is 17.3 Å². The zero-order chi connectivity index (χ0) is 19.5. The molecule has 3 rings (SSSR count). The van der Waals surface area contributed by atoms with Crippen molar-refractivity contribution in [3.8, 4) is 0 Å². The van der Waals surface area contributed by atoms with E-state index in [0.717, 1.165) is 51.3 Å². The van der Waals surface area contributed by atoms with Crippen LogP contribution < -0.4 is 0 Å². The van der Waals surface area contributed by atoms with Crippen LogP contribution in [0.15, 0.2) is 41.8 Å². The van der Waals surface area contributed by atoms with E-state index in [0.29, 0.717) is 12.1 Å². The number of hydrogen-bond acceptors (Lipinski definition) is 4. The summed E-state index contributed by atoms with van der Waals surface area (Å²) in [6, 6.07) is 9.21. The van der Waals surface area contributed by atoms with Gasteiger partial charge in [0.05, 0.1) is 11.2 Å². The van der Waals surface area contributed by atoms with E-state index in [4.69, 9.17) is 0 Å². The van der Waals surface area contributed by atoms with Crippen molar-refractivity contribution < 1.29 is 18.3 Å². The molecule has 1 N–H and O–H groups in total. The number of halogens is 3. The molecule has 3 nitrogen and oxygen atoms in total. The second kappa shape index (κ2) is 8.31. The van der Waals surface area contributed by atoms with Crippen LogP contribution >= 0.6 is 11.3 Å². The summed E-state index contributed by atoms with van der Waals surface area (Å²) in [5.41, 5.74) is -1.74. The molecule has 0 spiro atoms. The smallest absolute Gasteiger partial charge is 0.384 e. The van der Waals surface area contributed by atoms with E-state index in [9.17, 15) is 18.3 Å². The van der Waals surface area contributed by atoms with Gasteiger partial charge in [0.2, 0.25) is 0 Å². The Labute approximate surface area is 162 Å². The number of nitrogens with zero attached hydrogens (tertiary/aromatic N) is 2. The maximum absolute atomic E-state index is 12.9. The van der Waals surface area contributed by atoms with Gasteiger partial charge in [0.1, 0.15) is 0 Å². The minimum absolute atomic E-state index is 0.303. The van der Waals surface area contributed by atoms with Gasteiger partial charge in [-0.2, -0.15) is 13.2 Å². The first-order valence-electron chi connectivity index (χ1n) is 9.11. The maximum Gasteiger partial charge on any atom is 0.416 e. The molecule has 2 heterocycles. The number of β-amino-alcohol motifs (C(OH)–C–C–N with tert-alkyl or cyclic N) is 1. The molecule has 0 radical (unpaired) electrons. The number of thiophene rings is 1. The van der Waals surface area contributed by atoms with Gasteiger partial charge in [-0.3, -0.25) is 4.90 Å². The number of benzene rings is 1. The first-order valence-corrected chi connectivity index (χ1v) is 9.99. The zero-order valence-electron chi connectivity index (χ0n) is 15.4. The standard InChI is InChI=1S/C20H25F3N2OS/c1-19(26,16-4-2-5-17(14-16)20(21,22)23)15-25-11-9-24(10-12-25)8-7-18-6-3-13-27-18/h2-6,13-14,26H,7-12,15H2,1H3/t19-/m1/s1. The largest absolute Gasteiger partial charge is 0.416 e. The normalized spacial score (nSPS) is 19.1. The summed E-state index contributed by atoms with van der Waals surface area (Å²) in [6.07, 6.45) is -3.36. The van der Waals surface area contributed by atoms with Crippen molar-refractivity contribution in [2.45, 2.75) is 25.1 Å². The van der Waals surface area contributed by atoms with E-state index in [1.54, 1.807) is 24.3 Å². The average molecular weight is 398 g/mol. The SMILES string of the molecule is C[C@@](O)(CN1CCN(CCc2cccs2)CC1)c1cccc(C(F)(F)F)c1. The van der Waals surface area contributed by atoms with Gasteiger partial charge in [0.15, 0.2) is 0 Å². The van der Waals surface area contributed by atoms with Gasteiger partial charge < -0.3 is 10.0 Å². The quantitative estimate of drug-likeness (QED) is 0.801. The summed E-state index contributed by atoms with van der Waals surface area (Å²) < 4.78 is 38.8. The van der Waals surface area contributed by atoms with Crippen molar-refractivity contribution in [2.75, 3.05) is 39.3 Å². The topological polar surface area (TPSA) is 26.7 Å². The van der Waals surface area contributed by atoms with Crippen LogP contribution in [0.1, 0.15) is 22.9 Å². The fraction of sp³-hybridized carbons (Fsp3) is 0.500. The lowest BCUT2D eigenvalue weighted by atomic mass is 9.93. The summed E-state index contributed by atoms with van der Waals surface area (Å²) in [5.74, 6) is 0. The van der Waals surface area contributed by atoms with Crippen molar-refractivity contribution in [2.24, 2.45) is 0 Å². The Kier molecular flexibility index (Phi) is 6.25. The summed E-state index contributed by atoms with van der Waals surface area (Å²) in [7, 11) is 0. The fourth-order valence-electron chi connectivity index (χ4n) is 3.45. The molecule has 0 unspecified atom stereocenters. The molecule has 1 saturated heterocycles. The lowest BCUT2D eigenvalue weighted by molar-refractivity contribution is -0.137. The number of hydrogen-bond donors (Lipinski definition) is 1. The molecule has 0 saturated carbocycles. The Morgan fingerprint density at radius 2 is 1.67 bits per heavy atom. The molecule has 7 heteroatoms. The molecule has 1 aromatic carbocycles. The molecule has 0 bridgehead atoms. The van der Waals surface area contributed by atoms with Crippen LogP contribution in [-0.4, -0.2) is 54.2 Å². The molecule has 1 aliphatic rings. The van der Waals surface area contributed by atoms with Crippen LogP contribution in [0.3, 0.4) is 0 Å². The summed E-state index contributed by atoms with van der Waals surface area (Å²) in [6.45, 7) is 6.35. The molecule has 0 amide bonds. The second-order valence-electron chi connectivity index (χ2n) is 7.30. The third-order valence-electron chi connectivity index (χ3n) is 5.06. The predicted octanol–water partition coefficient (Wildman–Crippen LogP) is 3.83. The van der Waals surface area contributed by atoms with Crippen LogP contribution in [0.25, 0.3) is 0 Å². The average Bonchev–Trinajstić information content (AvgIpc) is 3.14. The van der Waals surface area contributed by atoms with E-state index >= 15 is 0 Å². The third kappa shape index (κ3) is 5.54. The summed E-state index contributed by atoms with van der Waals surface area (Å²) >= 11 is 1.77. The van der Waals surface area contributed by atoms with Gasteiger partial charge in [-0.05, 0) is 42.5 Å². The van der Waals surface area contributed by atoms with Gasteiger partial charge in [0.25, 0.3) is 0 Å². The van der Waals surface area contributed by atoms with Gasteiger partial charge in [0, 0.05) is 44.1 Å². The van der Waals surface area contributed by atoms with E-state index in [1.807, 2.05) is 0 Å². The van der Waals surface area contributed by atoms with Crippen molar-refractivity contribution in [3.05, 3.63) is 57.8 Å². The molecule has 0 aliphatic carbocycles. The van der Waals surface area contributed by atoms with Crippen LogP contribution in [0.4, 0.5) is 13.2 Å². The Hall–Kier alpha value is -1.41. The predicted molar refractivity (Wildman–Crippen MR) is 102 cm³/mol. The molecule has 1 fully saturated rings. The van der Waals surface area contributed by atoms with E-state index in [2.05, 4.69) is 27.3 Å². The highest BCUT2D eigenvalue weighted by atomic mass is 32.1. The Balaban J connectivity index is 1.53. The molecule has 1 aliphatic heterocycles. The highest BCUT2D eigenvalue weighted by Crippen LogP contribution is 2.32. The number of alkyl halides is 3. The molecule has 1 atom stereocenters. The highest BCUT2D eigenvalue weighted by Gasteiger charge is 2.34. The molecule has 27 heavy (non-hydrogen) atoms. The lowest BCUT2D eigenvalue weighted by Crippen LogP contribution is -2.50. The fourth-order valence-corrected chi connectivity index (χ4v) is 4.15. The first kappa shape index (κ1) is 20.3. The van der Waals surface area contributed by atoms with Gasteiger partial charge in [-0.15, -0.1) is 11.3 Å². The van der Waals surface area contributed by atoms with Gasteiger partial charge in [-0.25, -0.2) is 0 Å². The molecule has 2 aromatic rings. The number of aliphatic hydroxyl groups is 1. The minimum atomic E-state index is -4.40. The minimum Gasteiger partial charge on any atom is -0.384 e. The Morgan fingerprint density at radius 3 is 2.30 bits per heavy atom. The molecule has 1 aromatic heterocycles. The first-order chi connectivity index (χ1) is 12.7. The van der Waals surface area contributed by atoms with Crippen LogP contribution in [0.5, 0.6) is 0 Å². The summed E-state index contributed by atoms with van der Waals surface area (Å²) in [5, 5.41) is 12.9. The van der Waals surface area contributed by atoms with Crippen molar-refractivity contribution >= 4 is 11.3 Å². The van der Waals surface area contributed by atoms with Crippen molar-refractivity contribution in [1.29, 1.82) is 0 Å². The number of rotatable bonds is 6. The third-order valence-corrected chi connectivity index (χ3v) is 6.00. The van der Waals surface area contributed by atoms with E-state index in [-0.39, 0.29) is 0 Å². The highest BCUT2D eigenvalue weighted by molar-refractivity contribution is 7.09. The van der Waals surface area contributed by atoms with Gasteiger partial charge in [-0.1, -0.05) is 18.2 Å². The van der Waals surface area contributed by atoms with Crippen LogP contribution in [-0.2, 0) is 18.2 Å². The Morgan fingerprint density at radius 1 is 1.00 bits per heavy atom. The Bertz CT molecular complexity index is 723. The molecule has 148 valence electrons. The maximum atomic E-state index is 12.9. The van der Waals surface area contributed by atoms with E-state index in [1.165, 1.54) is 10.9 Å². The summed E-state index contributed by atoms with van der Waals surface area (Å²) in [4.78, 5) is 5.90. The molecular formula is C20H25F3N2OS. The van der Waals surface area contributed by atoms with Crippen LogP contribution in [0, 0.1) is 0 Å².